The molecule has 20 heavy (non-hydrogen) atoms. The van der Waals surface area contributed by atoms with E-state index in [-0.39, 0.29) is 36.6 Å². The minimum Gasteiger partial charge on any atom is -0.477 e. The zero-order valence-electron chi connectivity index (χ0n) is 10.0. The molecule has 110 valence electrons. The first-order chi connectivity index (χ1) is 8.84. The van der Waals surface area contributed by atoms with Gasteiger partial charge in [-0.15, -0.1) is 12.4 Å². The van der Waals surface area contributed by atoms with Crippen LogP contribution in [0.2, 0.25) is 0 Å². The predicted molar refractivity (Wildman–Crippen MR) is 68.0 cm³/mol. The van der Waals surface area contributed by atoms with E-state index in [4.69, 9.17) is 10.8 Å². The number of aromatic nitrogens is 2. The fourth-order valence-corrected chi connectivity index (χ4v) is 1.86. The summed E-state index contributed by atoms with van der Waals surface area (Å²) in [4.78, 5) is 14.4. The van der Waals surface area contributed by atoms with Crippen LogP contribution in [0.3, 0.4) is 0 Å². The second kappa shape index (κ2) is 5.68. The lowest BCUT2D eigenvalue weighted by atomic mass is 10.2. The molecule has 0 atom stereocenters. The number of alkyl halides is 3. The van der Waals surface area contributed by atoms with Gasteiger partial charge in [0, 0.05) is 18.5 Å². The number of fused-ring (bicyclic) bond motifs is 1. The van der Waals surface area contributed by atoms with E-state index in [1.54, 1.807) is 0 Å². The van der Waals surface area contributed by atoms with E-state index in [1.807, 2.05) is 0 Å². The fourth-order valence-electron chi connectivity index (χ4n) is 1.86. The number of nitrogens with zero attached hydrogens (tertiary/aromatic N) is 2. The van der Waals surface area contributed by atoms with Gasteiger partial charge in [-0.2, -0.15) is 13.2 Å². The molecule has 0 radical (unpaired) electrons. The largest absolute Gasteiger partial charge is 0.477 e. The summed E-state index contributed by atoms with van der Waals surface area (Å²) in [6, 6.07) is 2.01. The Kier molecular flexibility index (Phi) is 4.61. The number of hydrogen-bond donors (Lipinski definition) is 2. The Hall–Kier alpha value is -1.80. The summed E-state index contributed by atoms with van der Waals surface area (Å²) < 4.78 is 38.9. The van der Waals surface area contributed by atoms with Crippen LogP contribution in [0.15, 0.2) is 18.3 Å². The first-order valence-corrected chi connectivity index (χ1v) is 5.34. The molecule has 0 spiro atoms. The van der Waals surface area contributed by atoms with Crippen LogP contribution in [0.5, 0.6) is 0 Å². The van der Waals surface area contributed by atoms with E-state index in [0.29, 0.717) is 5.52 Å². The molecular weight excluding hydrogens is 299 g/mol. The number of carbonyl (C=O) groups is 1. The lowest BCUT2D eigenvalue weighted by Gasteiger charge is -2.07. The molecule has 5 nitrogen and oxygen atoms in total. The van der Waals surface area contributed by atoms with E-state index in [9.17, 15) is 18.0 Å². The highest BCUT2D eigenvalue weighted by atomic mass is 35.5. The Balaban J connectivity index is 0.00000200. The van der Waals surface area contributed by atoms with Crippen LogP contribution in [0, 0.1) is 0 Å². The van der Waals surface area contributed by atoms with Crippen molar-refractivity contribution in [2.75, 3.05) is 6.54 Å². The van der Waals surface area contributed by atoms with Gasteiger partial charge in [0.2, 0.25) is 0 Å². The Morgan fingerprint density at radius 3 is 2.55 bits per heavy atom. The highest BCUT2D eigenvalue weighted by molar-refractivity contribution is 5.94. The summed E-state index contributed by atoms with van der Waals surface area (Å²) in [6.07, 6.45) is -3.55. The number of carboxylic acid groups (broad SMARTS) is 1. The Labute approximate surface area is 117 Å². The fraction of sp³-hybridized carbons (Fsp3) is 0.273. The summed E-state index contributed by atoms with van der Waals surface area (Å²) >= 11 is 0. The molecule has 2 heterocycles. The molecule has 3 N–H and O–H groups in total. The molecular formula is C11H11ClF3N3O2. The van der Waals surface area contributed by atoms with Gasteiger partial charge in [0.25, 0.3) is 0 Å². The number of halogens is 4. The third-order valence-corrected chi connectivity index (χ3v) is 2.65. The van der Waals surface area contributed by atoms with Crippen molar-refractivity contribution in [3.05, 3.63) is 29.7 Å². The molecule has 9 heteroatoms. The Bertz CT molecular complexity index is 640. The summed E-state index contributed by atoms with van der Waals surface area (Å²) in [5.41, 5.74) is 4.52. The van der Waals surface area contributed by atoms with Crippen molar-refractivity contribution in [3.8, 4) is 0 Å². The summed E-state index contributed by atoms with van der Waals surface area (Å²) in [5, 5.41) is 9.19. The third-order valence-electron chi connectivity index (χ3n) is 2.65. The quantitative estimate of drug-likeness (QED) is 0.910. The Morgan fingerprint density at radius 2 is 2.05 bits per heavy atom. The van der Waals surface area contributed by atoms with Crippen molar-refractivity contribution in [2.45, 2.75) is 12.7 Å². The van der Waals surface area contributed by atoms with Crippen LogP contribution in [0.4, 0.5) is 13.2 Å². The third kappa shape index (κ3) is 2.86. The van der Waals surface area contributed by atoms with E-state index in [2.05, 4.69) is 4.98 Å². The molecule has 2 aromatic rings. The Morgan fingerprint density at radius 1 is 1.40 bits per heavy atom. The highest BCUT2D eigenvalue weighted by Crippen LogP contribution is 2.30. The molecule has 0 unspecified atom stereocenters. The van der Waals surface area contributed by atoms with Crippen LogP contribution in [-0.2, 0) is 12.7 Å². The van der Waals surface area contributed by atoms with Gasteiger partial charge in [-0.05, 0) is 12.1 Å². The van der Waals surface area contributed by atoms with Crippen molar-refractivity contribution < 1.29 is 23.1 Å². The van der Waals surface area contributed by atoms with Gasteiger partial charge < -0.3 is 15.4 Å². The van der Waals surface area contributed by atoms with E-state index < -0.39 is 17.8 Å². The number of pyridine rings is 1. The first kappa shape index (κ1) is 16.3. The molecule has 0 aromatic carbocycles. The zero-order valence-corrected chi connectivity index (χ0v) is 10.8. The minimum atomic E-state index is -4.56. The summed E-state index contributed by atoms with van der Waals surface area (Å²) in [5.74, 6) is -1.22. The van der Waals surface area contributed by atoms with E-state index >= 15 is 0 Å². The maximum absolute atomic E-state index is 12.5. The maximum atomic E-state index is 12.5. The molecule has 0 bridgehead atoms. The number of rotatable bonds is 3. The van der Waals surface area contributed by atoms with Crippen LogP contribution in [0.25, 0.3) is 10.9 Å². The highest BCUT2D eigenvalue weighted by Gasteiger charge is 2.33. The van der Waals surface area contributed by atoms with Crippen molar-refractivity contribution in [1.82, 2.24) is 9.55 Å². The second-order valence-electron chi connectivity index (χ2n) is 3.90. The minimum absolute atomic E-state index is 0. The molecule has 0 saturated carbocycles. The topological polar surface area (TPSA) is 81.1 Å². The monoisotopic (exact) mass is 309 g/mol. The van der Waals surface area contributed by atoms with Gasteiger partial charge in [-0.25, -0.2) is 9.78 Å². The van der Waals surface area contributed by atoms with Crippen molar-refractivity contribution in [3.63, 3.8) is 0 Å². The molecule has 0 aliphatic heterocycles. The van der Waals surface area contributed by atoms with Crippen LogP contribution in [-0.4, -0.2) is 27.2 Å². The predicted octanol–water partition coefficient (Wildman–Crippen LogP) is 2.13. The maximum Gasteiger partial charge on any atom is 0.433 e. The summed E-state index contributed by atoms with van der Waals surface area (Å²) in [7, 11) is 0. The smallest absolute Gasteiger partial charge is 0.433 e. The van der Waals surface area contributed by atoms with Crippen molar-refractivity contribution >= 4 is 29.3 Å². The summed E-state index contributed by atoms with van der Waals surface area (Å²) in [6.45, 7) is 0.364. The molecule has 0 saturated heterocycles. The number of aromatic carboxylic acids is 1. The van der Waals surface area contributed by atoms with E-state index in [1.165, 1.54) is 10.6 Å². The molecule has 0 amide bonds. The van der Waals surface area contributed by atoms with Gasteiger partial charge >= 0.3 is 12.1 Å². The van der Waals surface area contributed by atoms with Gasteiger partial charge in [0.15, 0.2) is 0 Å². The van der Waals surface area contributed by atoms with Crippen LogP contribution >= 0.6 is 12.4 Å². The average Bonchev–Trinajstić information content (AvgIpc) is 2.67. The van der Waals surface area contributed by atoms with Crippen LogP contribution in [0.1, 0.15) is 16.2 Å². The normalized spacial score (nSPS) is 11.4. The van der Waals surface area contributed by atoms with E-state index in [0.717, 1.165) is 12.3 Å². The molecule has 0 aliphatic rings. The van der Waals surface area contributed by atoms with Crippen LogP contribution < -0.4 is 5.73 Å². The number of nitrogens with two attached hydrogens (primary N) is 1. The number of hydrogen-bond acceptors (Lipinski definition) is 3. The lowest BCUT2D eigenvalue weighted by Crippen LogP contribution is -2.15. The first-order valence-electron chi connectivity index (χ1n) is 5.34. The molecule has 2 rings (SSSR count). The standard InChI is InChI=1S/C11H10F3N3O2.ClH/c12-11(13,14)9-4-6-3-7(10(18)19)17(2-1-15)8(6)5-16-9;/h3-5H,1-2,15H2,(H,18,19);1H. The van der Waals surface area contributed by atoms with Crippen molar-refractivity contribution in [1.29, 1.82) is 0 Å². The van der Waals surface area contributed by atoms with Crippen molar-refractivity contribution in [2.24, 2.45) is 5.73 Å². The molecule has 0 aliphatic carbocycles. The van der Waals surface area contributed by atoms with Gasteiger partial charge in [0.05, 0.1) is 11.7 Å². The number of carboxylic acids is 1. The molecule has 0 fully saturated rings. The second-order valence-corrected chi connectivity index (χ2v) is 3.90. The van der Waals surface area contributed by atoms with Gasteiger partial charge in [-0.3, -0.25) is 0 Å². The lowest BCUT2D eigenvalue weighted by molar-refractivity contribution is -0.141. The molecule has 2 aromatic heterocycles. The average molecular weight is 310 g/mol. The SMILES string of the molecule is Cl.NCCn1c(C(=O)O)cc2cc(C(F)(F)F)ncc21. The zero-order chi connectivity index (χ0) is 14.2. The van der Waals surface area contributed by atoms with Gasteiger partial charge in [-0.1, -0.05) is 0 Å². The van der Waals surface area contributed by atoms with Gasteiger partial charge in [0.1, 0.15) is 11.4 Å².